The molecule has 7 nitrogen and oxygen atoms in total. The maximum absolute atomic E-state index is 12.0. The van der Waals surface area contributed by atoms with Crippen LogP contribution in [0.5, 0.6) is 0 Å². The molecule has 0 aromatic carbocycles. The molecule has 2 heterocycles. The first-order valence-corrected chi connectivity index (χ1v) is 6.72. The van der Waals surface area contributed by atoms with Gasteiger partial charge in [0, 0.05) is 10.9 Å². The third-order valence-corrected chi connectivity index (χ3v) is 3.77. The molecule has 0 aliphatic heterocycles. The molecule has 1 amide bonds. The molecule has 1 N–H and O–H groups in total. The van der Waals surface area contributed by atoms with Crippen molar-refractivity contribution in [2.75, 3.05) is 0 Å². The maximum Gasteiger partial charge on any atom is 0.288 e. The molecule has 2 aromatic rings. The second-order valence-electron chi connectivity index (χ2n) is 3.83. The number of hydrogen-bond donors (Lipinski definition) is 1. The fraction of sp³-hybridized carbons (Fsp3) is 0.182. The molecular weight excluding hydrogens is 304 g/mol. The van der Waals surface area contributed by atoms with E-state index in [1.807, 2.05) is 6.92 Å². The van der Waals surface area contributed by atoms with Gasteiger partial charge in [0.2, 0.25) is 0 Å². The molecule has 9 heteroatoms. The molecule has 0 radical (unpaired) electrons. The lowest BCUT2D eigenvalue weighted by Gasteiger charge is -2.05. The number of thiazole rings is 1. The fourth-order valence-electron chi connectivity index (χ4n) is 1.45. The number of rotatable bonds is 4. The number of nitrogens with one attached hydrogen (secondary N) is 1. The smallest absolute Gasteiger partial charge is 0.288 e. The zero-order chi connectivity index (χ0) is 14.7. The van der Waals surface area contributed by atoms with Crippen LogP contribution in [0.15, 0.2) is 17.8 Å². The van der Waals surface area contributed by atoms with Crippen LogP contribution in [0.4, 0.5) is 5.69 Å². The van der Waals surface area contributed by atoms with E-state index in [9.17, 15) is 14.9 Å². The van der Waals surface area contributed by atoms with Gasteiger partial charge in [0.05, 0.1) is 28.2 Å². The van der Waals surface area contributed by atoms with Crippen LogP contribution in [0.3, 0.4) is 0 Å². The van der Waals surface area contributed by atoms with Crippen LogP contribution in [0.2, 0.25) is 5.15 Å². The number of aryl methyl sites for hydroxylation is 1. The first kappa shape index (κ1) is 14.4. The summed E-state index contributed by atoms with van der Waals surface area (Å²) < 4.78 is 0. The van der Waals surface area contributed by atoms with Crippen LogP contribution in [-0.2, 0) is 6.54 Å². The minimum absolute atomic E-state index is 0.0250. The second-order valence-corrected chi connectivity index (χ2v) is 5.13. The summed E-state index contributed by atoms with van der Waals surface area (Å²) in [5.41, 5.74) is 2.20. The Morgan fingerprint density at radius 3 is 2.90 bits per heavy atom. The van der Waals surface area contributed by atoms with Crippen LogP contribution in [0.25, 0.3) is 0 Å². The molecule has 20 heavy (non-hydrogen) atoms. The number of pyridine rings is 1. The van der Waals surface area contributed by atoms with Gasteiger partial charge in [-0.15, -0.1) is 11.3 Å². The standard InChI is InChI=1S/C11H9ClN4O3S/c1-6-9(20-5-15-6)4-14-11(17)8-2-7(16(18)19)3-13-10(8)12/h2-3,5H,4H2,1H3,(H,14,17). The van der Waals surface area contributed by atoms with E-state index in [0.717, 1.165) is 22.8 Å². The fourth-order valence-corrected chi connectivity index (χ4v) is 2.35. The molecule has 0 bridgehead atoms. The largest absolute Gasteiger partial charge is 0.347 e. The van der Waals surface area contributed by atoms with E-state index in [-0.39, 0.29) is 22.9 Å². The molecule has 0 aliphatic carbocycles. The van der Waals surface area contributed by atoms with Crippen LogP contribution in [0.1, 0.15) is 20.9 Å². The average molecular weight is 313 g/mol. The lowest BCUT2D eigenvalue weighted by Crippen LogP contribution is -2.23. The molecule has 0 saturated carbocycles. The van der Waals surface area contributed by atoms with E-state index < -0.39 is 10.8 Å². The SMILES string of the molecule is Cc1ncsc1CNC(=O)c1cc([N+](=O)[O-])cnc1Cl. The monoisotopic (exact) mass is 312 g/mol. The van der Waals surface area contributed by atoms with E-state index >= 15 is 0 Å². The predicted molar refractivity (Wildman–Crippen MR) is 73.9 cm³/mol. The Morgan fingerprint density at radius 1 is 1.55 bits per heavy atom. The van der Waals surface area contributed by atoms with Crippen molar-refractivity contribution in [1.29, 1.82) is 0 Å². The third kappa shape index (κ3) is 3.09. The van der Waals surface area contributed by atoms with Crippen molar-refractivity contribution < 1.29 is 9.72 Å². The summed E-state index contributed by atoms with van der Waals surface area (Å²) in [5.74, 6) is -0.515. The summed E-state index contributed by atoms with van der Waals surface area (Å²) in [6.45, 7) is 2.12. The molecule has 0 spiro atoms. The van der Waals surface area contributed by atoms with Gasteiger partial charge in [-0.05, 0) is 6.92 Å². The molecule has 0 atom stereocenters. The normalized spacial score (nSPS) is 10.3. The number of halogens is 1. The highest BCUT2D eigenvalue weighted by Crippen LogP contribution is 2.19. The lowest BCUT2D eigenvalue weighted by molar-refractivity contribution is -0.385. The molecule has 0 unspecified atom stereocenters. The van der Waals surface area contributed by atoms with E-state index in [1.165, 1.54) is 11.3 Å². The van der Waals surface area contributed by atoms with Gasteiger partial charge in [-0.2, -0.15) is 0 Å². The summed E-state index contributed by atoms with van der Waals surface area (Å²) in [7, 11) is 0. The summed E-state index contributed by atoms with van der Waals surface area (Å²) in [4.78, 5) is 30.6. The van der Waals surface area contributed by atoms with E-state index in [0.29, 0.717) is 0 Å². The number of carbonyl (C=O) groups is 1. The zero-order valence-corrected chi connectivity index (χ0v) is 11.9. The van der Waals surface area contributed by atoms with Crippen LogP contribution < -0.4 is 5.32 Å². The van der Waals surface area contributed by atoms with E-state index in [4.69, 9.17) is 11.6 Å². The minimum Gasteiger partial charge on any atom is -0.347 e. The van der Waals surface area contributed by atoms with Gasteiger partial charge in [-0.3, -0.25) is 14.9 Å². The van der Waals surface area contributed by atoms with E-state index in [1.54, 1.807) is 5.51 Å². The highest BCUT2D eigenvalue weighted by Gasteiger charge is 2.17. The predicted octanol–water partition coefficient (Wildman–Crippen LogP) is 2.34. The number of nitrogens with zero attached hydrogens (tertiary/aromatic N) is 3. The van der Waals surface area contributed by atoms with Crippen LogP contribution in [0, 0.1) is 17.0 Å². The highest BCUT2D eigenvalue weighted by atomic mass is 35.5. The molecule has 2 aromatic heterocycles. The van der Waals surface area contributed by atoms with Crippen LogP contribution in [-0.4, -0.2) is 20.8 Å². The van der Waals surface area contributed by atoms with Crippen molar-refractivity contribution in [2.45, 2.75) is 13.5 Å². The van der Waals surface area contributed by atoms with Gasteiger partial charge in [-0.1, -0.05) is 11.6 Å². The Bertz CT molecular complexity index is 673. The van der Waals surface area contributed by atoms with E-state index in [2.05, 4.69) is 15.3 Å². The Hall–Kier alpha value is -2.06. The minimum atomic E-state index is -0.632. The number of hydrogen-bond acceptors (Lipinski definition) is 6. The Morgan fingerprint density at radius 2 is 2.30 bits per heavy atom. The molecule has 0 aliphatic rings. The number of nitro groups is 1. The average Bonchev–Trinajstić information content (AvgIpc) is 2.81. The first-order chi connectivity index (χ1) is 9.49. The van der Waals surface area contributed by atoms with Crippen molar-refractivity contribution in [2.24, 2.45) is 0 Å². The summed E-state index contributed by atoms with van der Waals surface area (Å²) in [6.07, 6.45) is 1.01. The molecule has 0 saturated heterocycles. The Kier molecular flexibility index (Phi) is 4.26. The maximum atomic E-state index is 12.0. The number of aromatic nitrogens is 2. The quantitative estimate of drug-likeness (QED) is 0.531. The number of carbonyl (C=O) groups excluding carboxylic acids is 1. The topological polar surface area (TPSA) is 98.0 Å². The second kappa shape index (κ2) is 5.93. The highest BCUT2D eigenvalue weighted by molar-refractivity contribution is 7.09. The van der Waals surface area contributed by atoms with Crippen molar-refractivity contribution in [3.8, 4) is 0 Å². The molecule has 104 valence electrons. The van der Waals surface area contributed by atoms with Gasteiger partial charge in [0.15, 0.2) is 0 Å². The lowest BCUT2D eigenvalue weighted by atomic mass is 10.2. The van der Waals surface area contributed by atoms with Gasteiger partial charge in [-0.25, -0.2) is 9.97 Å². The van der Waals surface area contributed by atoms with Gasteiger partial charge >= 0.3 is 0 Å². The van der Waals surface area contributed by atoms with Crippen molar-refractivity contribution >= 4 is 34.5 Å². The van der Waals surface area contributed by atoms with Gasteiger partial charge in [0.25, 0.3) is 11.6 Å². The summed E-state index contributed by atoms with van der Waals surface area (Å²) in [5, 5.41) is 13.2. The van der Waals surface area contributed by atoms with Crippen LogP contribution >= 0.6 is 22.9 Å². The van der Waals surface area contributed by atoms with Gasteiger partial charge in [0.1, 0.15) is 11.3 Å². The van der Waals surface area contributed by atoms with Gasteiger partial charge < -0.3 is 5.32 Å². The first-order valence-electron chi connectivity index (χ1n) is 5.46. The Balaban J connectivity index is 2.15. The van der Waals surface area contributed by atoms with Crippen molar-refractivity contribution in [1.82, 2.24) is 15.3 Å². The zero-order valence-electron chi connectivity index (χ0n) is 10.3. The number of amides is 1. The van der Waals surface area contributed by atoms with Crippen molar-refractivity contribution in [3.63, 3.8) is 0 Å². The Labute approximate surface area is 122 Å². The van der Waals surface area contributed by atoms with Crippen molar-refractivity contribution in [3.05, 3.63) is 49.2 Å². The molecular formula is C11H9ClN4O3S. The molecule has 0 fully saturated rings. The third-order valence-electron chi connectivity index (χ3n) is 2.53. The summed E-state index contributed by atoms with van der Waals surface area (Å²) >= 11 is 7.20. The summed E-state index contributed by atoms with van der Waals surface area (Å²) in [6, 6.07) is 1.10. The molecule has 2 rings (SSSR count).